The number of rotatable bonds is 6. The van der Waals surface area contributed by atoms with Gasteiger partial charge in [-0.05, 0) is 31.3 Å². The summed E-state index contributed by atoms with van der Waals surface area (Å²) in [5.41, 5.74) is 0.400. The molecular weight excluding hydrogens is 358 g/mol. The number of hydrogen-bond donors (Lipinski definition) is 2. The summed E-state index contributed by atoms with van der Waals surface area (Å²) in [4.78, 5) is 23.6. The van der Waals surface area contributed by atoms with E-state index < -0.39 is 31.9 Å². The Morgan fingerprint density at radius 2 is 1.88 bits per heavy atom. The van der Waals surface area contributed by atoms with Crippen molar-refractivity contribution >= 4 is 37.5 Å². The van der Waals surface area contributed by atoms with E-state index in [0.717, 1.165) is 4.31 Å². The molecular formula is C13H17N3O6S2. The third-order valence-corrected chi connectivity index (χ3v) is 6.46. The van der Waals surface area contributed by atoms with Gasteiger partial charge in [0.1, 0.15) is 0 Å². The third-order valence-electron chi connectivity index (χ3n) is 3.41. The maximum atomic E-state index is 11.9. The second-order valence-corrected chi connectivity index (χ2v) is 9.03. The average Bonchev–Trinajstić information content (AvgIpc) is 2.80. The molecule has 1 aromatic rings. The van der Waals surface area contributed by atoms with Crippen LogP contribution in [-0.4, -0.2) is 53.7 Å². The van der Waals surface area contributed by atoms with Crippen LogP contribution in [0.4, 0.5) is 5.69 Å². The van der Waals surface area contributed by atoms with Gasteiger partial charge >= 0.3 is 0 Å². The molecule has 1 aromatic carbocycles. The fraction of sp³-hybridized carbons (Fsp3) is 0.385. The summed E-state index contributed by atoms with van der Waals surface area (Å²) < 4.78 is 49.0. The second-order valence-electron chi connectivity index (χ2n) is 5.05. The van der Waals surface area contributed by atoms with Crippen LogP contribution in [0, 0.1) is 0 Å². The first kappa shape index (κ1) is 18.4. The molecule has 132 valence electrons. The number of nitrogens with one attached hydrogen (secondary N) is 2. The van der Waals surface area contributed by atoms with Crippen molar-refractivity contribution in [3.05, 3.63) is 29.8 Å². The maximum absolute atomic E-state index is 11.9. The van der Waals surface area contributed by atoms with E-state index in [1.165, 1.54) is 31.3 Å². The van der Waals surface area contributed by atoms with Crippen molar-refractivity contribution < 1.29 is 26.4 Å². The van der Waals surface area contributed by atoms with Crippen LogP contribution in [0.15, 0.2) is 24.3 Å². The van der Waals surface area contributed by atoms with Crippen molar-refractivity contribution in [2.45, 2.75) is 6.42 Å². The number of carbonyl (C=O) groups is 2. The largest absolute Gasteiger partial charge is 0.351 e. The molecule has 9 nitrogen and oxygen atoms in total. The van der Waals surface area contributed by atoms with Gasteiger partial charge in [0, 0.05) is 18.5 Å². The van der Waals surface area contributed by atoms with E-state index in [9.17, 15) is 26.4 Å². The van der Waals surface area contributed by atoms with Gasteiger partial charge in [0.05, 0.1) is 17.2 Å². The first-order chi connectivity index (χ1) is 11.2. The van der Waals surface area contributed by atoms with E-state index >= 15 is 0 Å². The van der Waals surface area contributed by atoms with Gasteiger partial charge in [0.25, 0.3) is 5.91 Å². The predicted molar refractivity (Wildman–Crippen MR) is 87.5 cm³/mol. The van der Waals surface area contributed by atoms with Crippen molar-refractivity contribution in [1.82, 2.24) is 10.0 Å². The van der Waals surface area contributed by atoms with Crippen molar-refractivity contribution in [2.75, 3.05) is 29.4 Å². The molecule has 0 aliphatic carbocycles. The Labute approximate surface area is 140 Å². The molecule has 0 aromatic heterocycles. The Morgan fingerprint density at radius 3 is 2.38 bits per heavy atom. The van der Waals surface area contributed by atoms with Crippen LogP contribution in [-0.2, 0) is 24.8 Å². The first-order valence-corrected chi connectivity index (χ1v) is 10.3. The quantitative estimate of drug-likeness (QED) is 0.658. The van der Waals surface area contributed by atoms with E-state index in [4.69, 9.17) is 0 Å². The Kier molecular flexibility index (Phi) is 5.26. The molecule has 2 amide bonds. The molecule has 0 saturated carbocycles. The number of amides is 2. The minimum atomic E-state index is -3.65. The summed E-state index contributed by atoms with van der Waals surface area (Å²) in [7, 11) is -5.77. The summed E-state index contributed by atoms with van der Waals surface area (Å²) in [5, 5.41) is 2.45. The molecule has 1 saturated heterocycles. The van der Waals surface area contributed by atoms with Crippen LogP contribution in [0.2, 0.25) is 0 Å². The lowest BCUT2D eigenvalue weighted by Crippen LogP contribution is -2.33. The lowest BCUT2D eigenvalue weighted by molar-refractivity contribution is -0.116. The SMILES string of the molecule is CNS(=O)(=O)CCNC(=O)c1ccc(N2C(=O)CCS2(=O)=O)cc1. The van der Waals surface area contributed by atoms with Gasteiger partial charge in [-0.1, -0.05) is 0 Å². The highest BCUT2D eigenvalue weighted by molar-refractivity contribution is 7.94. The Balaban J connectivity index is 2.04. The number of sulfonamides is 2. The summed E-state index contributed by atoms with van der Waals surface area (Å²) >= 11 is 0. The highest BCUT2D eigenvalue weighted by Gasteiger charge is 2.36. The molecule has 24 heavy (non-hydrogen) atoms. The highest BCUT2D eigenvalue weighted by Crippen LogP contribution is 2.25. The average molecular weight is 375 g/mol. The number of anilines is 1. The molecule has 0 bridgehead atoms. The molecule has 1 heterocycles. The predicted octanol–water partition coefficient (Wildman–Crippen LogP) is -0.968. The number of hydrogen-bond acceptors (Lipinski definition) is 6. The topological polar surface area (TPSA) is 130 Å². The fourth-order valence-electron chi connectivity index (χ4n) is 2.12. The zero-order chi connectivity index (χ0) is 18.0. The molecule has 2 rings (SSSR count). The molecule has 1 fully saturated rings. The van der Waals surface area contributed by atoms with E-state index in [2.05, 4.69) is 10.0 Å². The standard InChI is InChI=1S/C13H17N3O6S2/c1-14-23(19,20)9-7-15-13(18)10-2-4-11(5-3-10)16-12(17)6-8-24(16,21)22/h2-5,14H,6-9H2,1H3,(H,15,18). The van der Waals surface area contributed by atoms with E-state index in [1.54, 1.807) is 0 Å². The summed E-state index contributed by atoms with van der Waals surface area (Å²) in [6, 6.07) is 5.47. The summed E-state index contributed by atoms with van der Waals surface area (Å²) in [6.07, 6.45) is -0.0650. The van der Waals surface area contributed by atoms with Crippen LogP contribution in [0.1, 0.15) is 16.8 Å². The minimum Gasteiger partial charge on any atom is -0.351 e. The molecule has 0 atom stereocenters. The maximum Gasteiger partial charge on any atom is 0.251 e. The molecule has 2 N–H and O–H groups in total. The van der Waals surface area contributed by atoms with E-state index in [-0.39, 0.29) is 35.7 Å². The Morgan fingerprint density at radius 1 is 1.25 bits per heavy atom. The highest BCUT2D eigenvalue weighted by atomic mass is 32.2. The molecule has 1 aliphatic rings. The molecule has 11 heteroatoms. The van der Waals surface area contributed by atoms with Crippen molar-refractivity contribution in [3.8, 4) is 0 Å². The third kappa shape index (κ3) is 4.10. The van der Waals surface area contributed by atoms with Gasteiger partial charge in [0.2, 0.25) is 26.0 Å². The molecule has 1 aliphatic heterocycles. The number of carbonyl (C=O) groups excluding carboxylic acids is 2. The zero-order valence-corrected chi connectivity index (χ0v) is 14.5. The smallest absolute Gasteiger partial charge is 0.251 e. The second kappa shape index (κ2) is 6.87. The fourth-order valence-corrected chi connectivity index (χ4v) is 4.15. The van der Waals surface area contributed by atoms with E-state index in [0.29, 0.717) is 0 Å². The van der Waals surface area contributed by atoms with Gasteiger partial charge < -0.3 is 5.32 Å². The van der Waals surface area contributed by atoms with Crippen LogP contribution < -0.4 is 14.3 Å². The summed E-state index contributed by atoms with van der Waals surface area (Å²) in [6.45, 7) is -0.0667. The van der Waals surface area contributed by atoms with Crippen LogP contribution in [0.5, 0.6) is 0 Å². The first-order valence-electron chi connectivity index (χ1n) is 7.01. The zero-order valence-electron chi connectivity index (χ0n) is 12.9. The van der Waals surface area contributed by atoms with E-state index in [1.807, 2.05) is 0 Å². The van der Waals surface area contributed by atoms with Crippen LogP contribution >= 0.6 is 0 Å². The monoisotopic (exact) mass is 375 g/mol. The Hall–Kier alpha value is -1.98. The normalized spacial score (nSPS) is 17.0. The molecule has 0 unspecified atom stereocenters. The van der Waals surface area contributed by atoms with Gasteiger partial charge in [-0.3, -0.25) is 9.59 Å². The molecule has 0 radical (unpaired) electrons. The minimum absolute atomic E-state index is 0.0650. The van der Waals surface area contributed by atoms with Crippen molar-refractivity contribution in [3.63, 3.8) is 0 Å². The number of nitrogens with zero attached hydrogens (tertiary/aromatic N) is 1. The lowest BCUT2D eigenvalue weighted by atomic mass is 10.2. The van der Waals surface area contributed by atoms with Crippen LogP contribution in [0.3, 0.4) is 0 Å². The van der Waals surface area contributed by atoms with Gasteiger partial charge in [-0.2, -0.15) is 0 Å². The lowest BCUT2D eigenvalue weighted by Gasteiger charge is -2.15. The summed E-state index contributed by atoms with van der Waals surface area (Å²) in [5.74, 6) is -1.49. The van der Waals surface area contributed by atoms with Crippen molar-refractivity contribution in [1.29, 1.82) is 0 Å². The van der Waals surface area contributed by atoms with Gasteiger partial charge in [-0.15, -0.1) is 0 Å². The molecule has 0 spiro atoms. The Bertz CT molecular complexity index is 846. The van der Waals surface area contributed by atoms with Gasteiger partial charge in [0.15, 0.2) is 0 Å². The van der Waals surface area contributed by atoms with Crippen molar-refractivity contribution in [2.24, 2.45) is 0 Å². The van der Waals surface area contributed by atoms with Crippen LogP contribution in [0.25, 0.3) is 0 Å². The number of benzene rings is 1. The van der Waals surface area contributed by atoms with Gasteiger partial charge in [-0.25, -0.2) is 25.9 Å².